The van der Waals surface area contributed by atoms with Gasteiger partial charge in [-0.2, -0.15) is 4.89 Å². The van der Waals surface area contributed by atoms with Gasteiger partial charge in [-0.3, -0.25) is 4.79 Å². The highest BCUT2D eigenvalue weighted by atomic mass is 17.2. The second kappa shape index (κ2) is 10.6. The molecule has 0 N–H and O–H groups in total. The third-order valence-electron chi connectivity index (χ3n) is 1.67. The van der Waals surface area contributed by atoms with Crippen LogP contribution in [0.25, 0.3) is 0 Å². The van der Waals surface area contributed by atoms with E-state index in [-0.39, 0.29) is 5.78 Å². The van der Waals surface area contributed by atoms with Gasteiger partial charge in [-0.05, 0) is 12.1 Å². The summed E-state index contributed by atoms with van der Waals surface area (Å²) in [6.45, 7) is 6.86. The van der Waals surface area contributed by atoms with Gasteiger partial charge >= 0.3 is 0 Å². The zero-order valence-electron chi connectivity index (χ0n) is 10.1. The van der Waals surface area contributed by atoms with Crippen molar-refractivity contribution in [1.82, 2.24) is 0 Å². The molecule has 1 aromatic rings. The highest BCUT2D eigenvalue weighted by Gasteiger charge is 1.91. The molecule has 0 spiro atoms. The Bertz CT molecular complexity index is 319. The Morgan fingerprint density at radius 1 is 1.18 bits per heavy atom. The maximum Gasteiger partial charge on any atom is 0.165 e. The van der Waals surface area contributed by atoms with Gasteiger partial charge in [-0.1, -0.05) is 30.4 Å². The first kappa shape index (κ1) is 15.1. The molecule has 0 bridgehead atoms. The lowest BCUT2D eigenvalue weighted by molar-refractivity contribution is -0.178. The number of hydrogen-bond acceptors (Lipinski definition) is 3. The number of carbonyl (C=O) groups excluding carboxylic acids is 1. The minimum Gasteiger partial charge on any atom is -0.338 e. The third kappa shape index (κ3) is 9.08. The van der Waals surface area contributed by atoms with Crippen LogP contribution in [0.1, 0.15) is 12.8 Å². The van der Waals surface area contributed by atoms with E-state index in [4.69, 9.17) is 4.89 Å². The summed E-state index contributed by atoms with van der Waals surface area (Å²) >= 11 is 0. The Balaban J connectivity index is 0.000000304. The summed E-state index contributed by atoms with van der Waals surface area (Å²) in [6, 6.07) is 9.33. The lowest BCUT2D eigenvalue weighted by Crippen LogP contribution is -1.90. The molecular weight excluding hydrogens is 216 g/mol. The van der Waals surface area contributed by atoms with Crippen LogP contribution in [0, 0.1) is 0 Å². The molecule has 0 radical (unpaired) electrons. The fourth-order valence-electron chi connectivity index (χ4n) is 0.978. The Hall–Kier alpha value is -1.87. The average molecular weight is 234 g/mol. The molecule has 1 rings (SSSR count). The number of ketones is 1. The molecule has 0 saturated heterocycles. The number of rotatable bonds is 6. The zero-order valence-corrected chi connectivity index (χ0v) is 10.1. The molecule has 92 valence electrons. The van der Waals surface area contributed by atoms with Crippen molar-refractivity contribution in [1.29, 1.82) is 0 Å². The van der Waals surface area contributed by atoms with E-state index >= 15 is 0 Å². The first-order chi connectivity index (χ1) is 8.24. The minimum absolute atomic E-state index is 0.176. The number of allylic oxidation sites excluding steroid dienone is 2. The molecule has 0 fully saturated rings. The zero-order chi connectivity index (χ0) is 12.9. The molecule has 0 amide bonds. The number of benzene rings is 1. The van der Waals surface area contributed by atoms with Gasteiger partial charge < -0.3 is 4.89 Å². The van der Waals surface area contributed by atoms with E-state index in [1.807, 2.05) is 30.3 Å². The fourth-order valence-corrected chi connectivity index (χ4v) is 0.978. The van der Waals surface area contributed by atoms with Gasteiger partial charge in [0.15, 0.2) is 5.75 Å². The summed E-state index contributed by atoms with van der Waals surface area (Å²) in [5, 5.41) is 0. The third-order valence-corrected chi connectivity index (χ3v) is 1.67. The van der Waals surface area contributed by atoms with E-state index in [0.717, 1.165) is 5.75 Å². The molecule has 0 aliphatic rings. The maximum atomic E-state index is 10.5. The van der Waals surface area contributed by atoms with Gasteiger partial charge in [0, 0.05) is 12.8 Å². The normalized spacial score (nSPS) is 8.53. The number of hydrogen-bond donors (Lipinski definition) is 0. The lowest BCUT2D eigenvalue weighted by atomic mass is 10.2. The first-order valence-electron chi connectivity index (χ1n) is 5.23. The number of para-hydroxylation sites is 1. The summed E-state index contributed by atoms with van der Waals surface area (Å²) in [7, 11) is 1.48. The van der Waals surface area contributed by atoms with Gasteiger partial charge in [0.1, 0.15) is 5.78 Å². The summed E-state index contributed by atoms with van der Waals surface area (Å²) in [4.78, 5) is 19.6. The molecule has 0 saturated carbocycles. The van der Waals surface area contributed by atoms with Crippen LogP contribution in [0.4, 0.5) is 0 Å². The van der Waals surface area contributed by atoms with E-state index < -0.39 is 0 Å². The summed E-state index contributed by atoms with van der Waals surface area (Å²) in [5.41, 5.74) is 0. The van der Waals surface area contributed by atoms with E-state index in [0.29, 0.717) is 12.8 Å². The van der Waals surface area contributed by atoms with Gasteiger partial charge in [0.2, 0.25) is 0 Å². The van der Waals surface area contributed by atoms with Crippen LogP contribution in [-0.4, -0.2) is 12.9 Å². The summed E-state index contributed by atoms with van der Waals surface area (Å²) in [5.74, 6) is 0.898. The summed E-state index contributed by atoms with van der Waals surface area (Å²) < 4.78 is 0. The van der Waals surface area contributed by atoms with Gasteiger partial charge in [-0.25, -0.2) is 0 Å². The van der Waals surface area contributed by atoms with Crippen LogP contribution in [0.2, 0.25) is 0 Å². The molecule has 3 heteroatoms. The van der Waals surface area contributed by atoms with Crippen molar-refractivity contribution in [3.8, 4) is 5.75 Å². The predicted octanol–water partition coefficient (Wildman–Crippen LogP) is 3.33. The van der Waals surface area contributed by atoms with Gasteiger partial charge in [0.05, 0.1) is 7.11 Å². The van der Waals surface area contributed by atoms with Crippen LogP contribution >= 0.6 is 0 Å². The summed E-state index contributed by atoms with van der Waals surface area (Å²) in [6.07, 6.45) is 4.13. The highest BCUT2D eigenvalue weighted by molar-refractivity contribution is 5.80. The molecule has 17 heavy (non-hydrogen) atoms. The quantitative estimate of drug-likeness (QED) is 0.430. The maximum absolute atomic E-state index is 10.5. The van der Waals surface area contributed by atoms with Gasteiger partial charge in [0.25, 0.3) is 0 Å². The van der Waals surface area contributed by atoms with Gasteiger partial charge in [-0.15, -0.1) is 13.2 Å². The van der Waals surface area contributed by atoms with Crippen molar-refractivity contribution >= 4 is 5.78 Å². The number of Topliss-reactive ketones (excluding diaryl/α,β-unsaturated/α-hetero) is 1. The highest BCUT2D eigenvalue weighted by Crippen LogP contribution is 2.07. The molecule has 0 aliphatic carbocycles. The molecule has 0 aliphatic heterocycles. The predicted molar refractivity (Wildman–Crippen MR) is 68.7 cm³/mol. The van der Waals surface area contributed by atoms with Crippen LogP contribution in [0.5, 0.6) is 5.75 Å². The topological polar surface area (TPSA) is 35.5 Å². The smallest absolute Gasteiger partial charge is 0.165 e. The fraction of sp³-hybridized carbons (Fsp3) is 0.214. The van der Waals surface area contributed by atoms with Crippen molar-refractivity contribution in [3.05, 3.63) is 55.6 Å². The molecule has 3 nitrogen and oxygen atoms in total. The average Bonchev–Trinajstić information content (AvgIpc) is 2.32. The SMILES string of the molecule is C=CCC(=O)CC=C.COOc1ccccc1. The van der Waals surface area contributed by atoms with Crippen molar-refractivity contribution < 1.29 is 14.6 Å². The van der Waals surface area contributed by atoms with E-state index in [2.05, 4.69) is 18.0 Å². The van der Waals surface area contributed by atoms with Crippen LogP contribution < -0.4 is 4.89 Å². The van der Waals surface area contributed by atoms with Crippen molar-refractivity contribution in [3.63, 3.8) is 0 Å². The monoisotopic (exact) mass is 234 g/mol. The molecular formula is C14H18O3. The first-order valence-corrected chi connectivity index (χ1v) is 5.23. The Morgan fingerprint density at radius 2 is 1.71 bits per heavy atom. The standard InChI is InChI=1S/C7H8O2.C7H10O/c1-8-9-7-5-3-2-4-6-7;1-3-5-7(8)6-4-2/h2-6H,1H3;3-4H,1-2,5-6H2. The van der Waals surface area contributed by atoms with E-state index in [1.54, 1.807) is 12.2 Å². The molecule has 0 aromatic heterocycles. The molecule has 0 atom stereocenters. The molecule has 1 aromatic carbocycles. The van der Waals surface area contributed by atoms with E-state index in [1.165, 1.54) is 7.11 Å². The molecule has 0 heterocycles. The molecule has 0 unspecified atom stereocenters. The van der Waals surface area contributed by atoms with Crippen molar-refractivity contribution in [2.45, 2.75) is 12.8 Å². The lowest BCUT2D eigenvalue weighted by Gasteiger charge is -1.96. The second-order valence-corrected chi connectivity index (χ2v) is 3.09. The largest absolute Gasteiger partial charge is 0.338 e. The van der Waals surface area contributed by atoms with Crippen LogP contribution in [-0.2, 0) is 9.68 Å². The van der Waals surface area contributed by atoms with Crippen molar-refractivity contribution in [2.75, 3.05) is 7.11 Å². The number of carbonyl (C=O) groups is 1. The van der Waals surface area contributed by atoms with Crippen LogP contribution in [0.15, 0.2) is 55.6 Å². The Morgan fingerprint density at radius 3 is 2.12 bits per heavy atom. The Kier molecular flexibility index (Phi) is 9.47. The minimum atomic E-state index is 0.176. The van der Waals surface area contributed by atoms with E-state index in [9.17, 15) is 4.79 Å². The second-order valence-electron chi connectivity index (χ2n) is 3.09. The van der Waals surface area contributed by atoms with Crippen LogP contribution in [0.3, 0.4) is 0 Å². The van der Waals surface area contributed by atoms with Crippen molar-refractivity contribution in [2.24, 2.45) is 0 Å². The Labute approximate surface area is 102 Å².